The highest BCUT2D eigenvalue weighted by Gasteiger charge is 2.55. The van der Waals surface area contributed by atoms with E-state index >= 15 is 0 Å². The first-order valence-electron chi connectivity index (χ1n) is 15.5. The number of rotatable bonds is 3. The van der Waals surface area contributed by atoms with Crippen molar-refractivity contribution in [2.45, 2.75) is 50.2 Å². The summed E-state index contributed by atoms with van der Waals surface area (Å²) in [5, 5.41) is 6.82. The Bertz CT molecular complexity index is 2340. The van der Waals surface area contributed by atoms with Crippen molar-refractivity contribution in [2.24, 2.45) is 0 Å². The summed E-state index contributed by atoms with van der Waals surface area (Å²) in [6, 6.07) is 19.7. The number of fused-ring (bicyclic) bond motifs is 13. The number of halogens is 3. The predicted molar refractivity (Wildman–Crippen MR) is 170 cm³/mol. The third-order valence-electron chi connectivity index (χ3n) is 10.5. The molecule has 11 heteroatoms. The van der Waals surface area contributed by atoms with Crippen LogP contribution in [-0.4, -0.2) is 52.2 Å². The van der Waals surface area contributed by atoms with Crippen LogP contribution in [0.25, 0.3) is 43.6 Å². The van der Waals surface area contributed by atoms with Gasteiger partial charge in [0.2, 0.25) is 0 Å². The van der Waals surface area contributed by atoms with E-state index < -0.39 is 41.7 Å². The molecule has 4 aromatic carbocycles. The second-order valence-electron chi connectivity index (χ2n) is 12.8. The molecule has 2 aromatic heterocycles. The molecule has 4 atom stereocenters. The normalized spacial score (nSPS) is 23.5. The van der Waals surface area contributed by atoms with Gasteiger partial charge in [-0.2, -0.15) is 13.2 Å². The fourth-order valence-corrected chi connectivity index (χ4v) is 8.55. The molecule has 0 spiro atoms. The van der Waals surface area contributed by atoms with Crippen LogP contribution in [0.3, 0.4) is 0 Å². The first kappa shape index (κ1) is 28.4. The van der Waals surface area contributed by atoms with Gasteiger partial charge in [0.25, 0.3) is 11.8 Å². The van der Waals surface area contributed by atoms with E-state index in [1.54, 1.807) is 19.1 Å². The second-order valence-corrected chi connectivity index (χ2v) is 12.8. The zero-order valence-electron chi connectivity index (χ0n) is 25.7. The van der Waals surface area contributed by atoms with Crippen molar-refractivity contribution in [3.05, 3.63) is 95.1 Å². The van der Waals surface area contributed by atoms with Gasteiger partial charge in [-0.25, -0.2) is 0 Å². The van der Waals surface area contributed by atoms with Crippen molar-refractivity contribution < 1.29 is 32.2 Å². The number of carbonyl (C=O) groups excluding carboxylic acids is 2. The highest BCUT2D eigenvalue weighted by molar-refractivity contribution is 6.31. The van der Waals surface area contributed by atoms with E-state index in [1.807, 2.05) is 49.4 Å². The zero-order chi connectivity index (χ0) is 32.6. The molecule has 6 aromatic rings. The van der Waals surface area contributed by atoms with E-state index in [4.69, 9.17) is 9.47 Å². The van der Waals surface area contributed by atoms with Gasteiger partial charge in [0, 0.05) is 54.2 Å². The standard InChI is InChI=1S/C36H29F3N4O4/c1-35-32(46-3)25(41(2)34(45)18-12-14-19(15-13-18)36(37,38)39)16-26(47-35)42-23-10-6-4-8-20(23)28-29-22(17-40-33(29)44)27-21-9-5-7-11-24(21)43(35)31(27)30(28)42/h4-15,25-26,32H,16-17H2,1-3H3,(H,40,44)/t25-,26-,32-,35+/m1/s1. The monoisotopic (exact) mass is 638 g/mol. The van der Waals surface area contributed by atoms with Gasteiger partial charge in [-0.3, -0.25) is 9.59 Å². The molecule has 238 valence electrons. The van der Waals surface area contributed by atoms with Crippen LogP contribution in [0.2, 0.25) is 0 Å². The van der Waals surface area contributed by atoms with Gasteiger partial charge in [0.05, 0.1) is 39.2 Å². The molecule has 1 saturated heterocycles. The Morgan fingerprint density at radius 2 is 1.64 bits per heavy atom. The Hall–Kier alpha value is -4.87. The maximum atomic E-state index is 14.0. The van der Waals surface area contributed by atoms with E-state index in [-0.39, 0.29) is 11.5 Å². The summed E-state index contributed by atoms with van der Waals surface area (Å²) < 4.78 is 57.6. The predicted octanol–water partition coefficient (Wildman–Crippen LogP) is 6.93. The summed E-state index contributed by atoms with van der Waals surface area (Å²) in [6.45, 7) is 2.37. The molecular formula is C36H29F3N4O4. The minimum absolute atomic E-state index is 0.115. The van der Waals surface area contributed by atoms with E-state index in [2.05, 4.69) is 20.5 Å². The van der Waals surface area contributed by atoms with Gasteiger partial charge in [0.1, 0.15) is 12.3 Å². The van der Waals surface area contributed by atoms with E-state index in [0.29, 0.717) is 18.5 Å². The van der Waals surface area contributed by atoms with Crippen molar-refractivity contribution in [2.75, 3.05) is 14.2 Å². The van der Waals surface area contributed by atoms with Gasteiger partial charge in [0.15, 0.2) is 5.72 Å². The van der Waals surface area contributed by atoms with E-state index in [9.17, 15) is 22.8 Å². The number of methoxy groups -OCH3 is 1. The minimum Gasteiger partial charge on any atom is -0.374 e. The summed E-state index contributed by atoms with van der Waals surface area (Å²) in [4.78, 5) is 29.1. The number of amides is 2. The Morgan fingerprint density at radius 3 is 2.32 bits per heavy atom. The molecule has 2 bridgehead atoms. The summed E-state index contributed by atoms with van der Waals surface area (Å²) >= 11 is 0. The van der Waals surface area contributed by atoms with Gasteiger partial charge in [-0.1, -0.05) is 36.4 Å². The average Bonchev–Trinajstić information content (AvgIpc) is 3.71. The molecule has 1 fully saturated rings. The number of para-hydroxylation sites is 2. The van der Waals surface area contributed by atoms with Crippen molar-refractivity contribution in [3.63, 3.8) is 0 Å². The number of alkyl halides is 3. The lowest BCUT2D eigenvalue weighted by atomic mass is 9.91. The first-order chi connectivity index (χ1) is 22.5. The van der Waals surface area contributed by atoms with Crippen molar-refractivity contribution in [1.29, 1.82) is 0 Å². The Kier molecular flexibility index (Phi) is 5.65. The number of nitrogens with one attached hydrogen (secondary N) is 1. The fourth-order valence-electron chi connectivity index (χ4n) is 8.55. The highest BCUT2D eigenvalue weighted by atomic mass is 19.4. The van der Waals surface area contributed by atoms with Gasteiger partial charge in [-0.15, -0.1) is 0 Å². The molecule has 0 saturated carbocycles. The van der Waals surface area contributed by atoms with Crippen LogP contribution in [0.15, 0.2) is 72.8 Å². The molecule has 8 nitrogen and oxygen atoms in total. The number of benzene rings is 4. The topological polar surface area (TPSA) is 77.7 Å². The van der Waals surface area contributed by atoms with Crippen LogP contribution in [0.5, 0.6) is 0 Å². The fraction of sp³-hybridized carbons (Fsp3) is 0.278. The highest BCUT2D eigenvalue weighted by Crippen LogP contribution is 2.54. The third kappa shape index (κ3) is 3.55. The van der Waals surface area contributed by atoms with Crippen LogP contribution < -0.4 is 5.32 Å². The number of carbonyl (C=O) groups is 2. The Morgan fingerprint density at radius 1 is 0.979 bits per heavy atom. The van der Waals surface area contributed by atoms with Crippen molar-refractivity contribution in [3.8, 4) is 0 Å². The number of hydrogen-bond acceptors (Lipinski definition) is 4. The molecule has 5 heterocycles. The lowest BCUT2D eigenvalue weighted by Crippen LogP contribution is -2.61. The van der Waals surface area contributed by atoms with Crippen LogP contribution >= 0.6 is 0 Å². The number of ether oxygens (including phenoxy) is 2. The molecule has 47 heavy (non-hydrogen) atoms. The lowest BCUT2D eigenvalue weighted by molar-refractivity contribution is -0.264. The maximum Gasteiger partial charge on any atom is 0.416 e. The number of hydrogen-bond donors (Lipinski definition) is 1. The van der Waals surface area contributed by atoms with Crippen LogP contribution in [0.1, 0.15) is 51.4 Å². The average molecular weight is 639 g/mol. The Balaban J connectivity index is 1.32. The molecule has 3 aliphatic heterocycles. The quantitative estimate of drug-likeness (QED) is 0.228. The summed E-state index contributed by atoms with van der Waals surface area (Å²) in [5.74, 6) is -0.540. The van der Waals surface area contributed by atoms with Gasteiger partial charge in [-0.05, 0) is 48.9 Å². The summed E-state index contributed by atoms with van der Waals surface area (Å²) in [7, 11) is 3.25. The zero-order valence-corrected chi connectivity index (χ0v) is 25.7. The smallest absolute Gasteiger partial charge is 0.374 e. The van der Waals surface area contributed by atoms with Crippen LogP contribution in [0, 0.1) is 0 Å². The molecule has 1 N–H and O–H groups in total. The second kappa shape index (κ2) is 9.36. The maximum absolute atomic E-state index is 14.0. The first-order valence-corrected chi connectivity index (χ1v) is 15.5. The largest absolute Gasteiger partial charge is 0.416 e. The molecule has 3 aliphatic rings. The molecule has 0 unspecified atom stereocenters. The van der Waals surface area contributed by atoms with Gasteiger partial charge >= 0.3 is 6.18 Å². The minimum atomic E-state index is -4.51. The molecule has 0 radical (unpaired) electrons. The number of aromatic nitrogens is 2. The van der Waals surface area contributed by atoms with Crippen LogP contribution in [-0.2, 0) is 27.9 Å². The third-order valence-corrected chi connectivity index (χ3v) is 10.5. The van der Waals surface area contributed by atoms with Crippen LogP contribution in [0.4, 0.5) is 13.2 Å². The Labute approximate surface area is 266 Å². The number of likely N-dealkylation sites (N-methyl/N-ethyl adjacent to an activating group) is 1. The number of nitrogens with zero attached hydrogens (tertiary/aromatic N) is 3. The van der Waals surface area contributed by atoms with E-state index in [1.165, 1.54) is 12.1 Å². The SMILES string of the molecule is CO[C@@H]1[C@H](N(C)C(=O)c2ccc(C(F)(F)F)cc2)C[C@H]2O[C@]1(C)n1c3ccccc3c3c4c(c5c6ccccc6n2c5c31)C(=O)NC4. The molecule has 0 aliphatic carbocycles. The van der Waals surface area contributed by atoms with Crippen molar-refractivity contribution in [1.82, 2.24) is 19.4 Å². The molecular weight excluding hydrogens is 609 g/mol. The van der Waals surface area contributed by atoms with Crippen molar-refractivity contribution >= 4 is 55.4 Å². The molecule has 2 amide bonds. The van der Waals surface area contributed by atoms with E-state index in [0.717, 1.165) is 61.3 Å². The van der Waals surface area contributed by atoms with Gasteiger partial charge < -0.3 is 28.8 Å². The molecule has 9 rings (SSSR count). The summed E-state index contributed by atoms with van der Waals surface area (Å²) in [5.41, 5.74) is 3.40. The lowest BCUT2D eigenvalue weighted by Gasteiger charge is -2.50. The summed E-state index contributed by atoms with van der Waals surface area (Å²) in [6.07, 6.45) is -5.44.